The third-order valence-electron chi connectivity index (χ3n) is 8.19. The summed E-state index contributed by atoms with van der Waals surface area (Å²) in [5.74, 6) is 1.89. The van der Waals surface area contributed by atoms with Crippen LogP contribution in [0.4, 0.5) is 0 Å². The van der Waals surface area contributed by atoms with Gasteiger partial charge in [0, 0.05) is 28.3 Å². The molecule has 2 heterocycles. The average Bonchev–Trinajstić information content (AvgIpc) is 3.15. The highest BCUT2D eigenvalue weighted by Gasteiger charge is 2.14. The fraction of sp³-hybridized carbons (Fsp3) is 0. The minimum atomic E-state index is 0.626. The number of pyridine rings is 1. The van der Waals surface area contributed by atoms with Gasteiger partial charge in [0.2, 0.25) is 0 Å². The van der Waals surface area contributed by atoms with Gasteiger partial charge in [-0.05, 0) is 57.6 Å². The van der Waals surface area contributed by atoms with Gasteiger partial charge in [-0.3, -0.25) is 4.98 Å². The van der Waals surface area contributed by atoms with Crippen LogP contribution in [0.3, 0.4) is 0 Å². The Labute approximate surface area is 267 Å². The van der Waals surface area contributed by atoms with Gasteiger partial charge in [-0.1, -0.05) is 140 Å². The second kappa shape index (κ2) is 12.0. The monoisotopic (exact) mass is 588 g/mol. The van der Waals surface area contributed by atoms with Crippen molar-refractivity contribution >= 4 is 10.9 Å². The van der Waals surface area contributed by atoms with Crippen LogP contribution in [0.2, 0.25) is 0 Å². The number of benzene rings is 6. The fourth-order valence-electron chi connectivity index (χ4n) is 5.85. The molecule has 0 spiro atoms. The molecule has 0 bridgehead atoms. The maximum absolute atomic E-state index is 5.04. The van der Waals surface area contributed by atoms with E-state index < -0.39 is 0 Å². The van der Waals surface area contributed by atoms with E-state index in [0.717, 1.165) is 61.0 Å². The summed E-state index contributed by atoms with van der Waals surface area (Å²) < 4.78 is 0. The first-order chi connectivity index (χ1) is 22.8. The summed E-state index contributed by atoms with van der Waals surface area (Å²) in [6, 6.07) is 56.3. The lowest BCUT2D eigenvalue weighted by Crippen LogP contribution is -2.00. The summed E-state index contributed by atoms with van der Waals surface area (Å²) in [7, 11) is 0. The quantitative estimate of drug-likeness (QED) is 0.194. The highest BCUT2D eigenvalue weighted by molar-refractivity contribution is 5.94. The molecule has 0 saturated heterocycles. The smallest absolute Gasteiger partial charge is 0.164 e. The van der Waals surface area contributed by atoms with Crippen molar-refractivity contribution < 1.29 is 0 Å². The molecular weight excluding hydrogens is 560 g/mol. The lowest BCUT2D eigenvalue weighted by Gasteiger charge is -2.11. The zero-order chi connectivity index (χ0) is 30.7. The van der Waals surface area contributed by atoms with Crippen molar-refractivity contribution in [3.05, 3.63) is 170 Å². The molecule has 0 N–H and O–H groups in total. The van der Waals surface area contributed by atoms with Crippen molar-refractivity contribution in [1.29, 1.82) is 0 Å². The van der Waals surface area contributed by atoms with Gasteiger partial charge in [-0.2, -0.15) is 0 Å². The number of aromatic nitrogens is 4. The SMILES string of the molecule is c1ccc(-c2cccc(-c3nc(-c4ccc(-c5cccc6ncccc56)cc4)nc(-c4cccc(-c5ccccc5)c4)n3)c2)cc1. The van der Waals surface area contributed by atoms with Crippen molar-refractivity contribution in [2.24, 2.45) is 0 Å². The zero-order valence-corrected chi connectivity index (χ0v) is 25.0. The summed E-state index contributed by atoms with van der Waals surface area (Å²) in [4.78, 5) is 19.6. The van der Waals surface area contributed by atoms with Crippen LogP contribution in [0, 0.1) is 0 Å². The van der Waals surface area contributed by atoms with Crippen LogP contribution in [0.1, 0.15) is 0 Å². The van der Waals surface area contributed by atoms with Gasteiger partial charge >= 0.3 is 0 Å². The van der Waals surface area contributed by atoms with Crippen LogP contribution in [0.15, 0.2) is 170 Å². The zero-order valence-electron chi connectivity index (χ0n) is 25.0. The largest absolute Gasteiger partial charge is 0.256 e. The fourth-order valence-corrected chi connectivity index (χ4v) is 5.85. The molecule has 0 aliphatic rings. The van der Waals surface area contributed by atoms with Crippen LogP contribution >= 0.6 is 0 Å². The number of nitrogens with zero attached hydrogens (tertiary/aromatic N) is 4. The molecule has 0 aliphatic heterocycles. The van der Waals surface area contributed by atoms with E-state index in [2.05, 4.69) is 145 Å². The Balaban J connectivity index is 1.25. The van der Waals surface area contributed by atoms with Gasteiger partial charge in [0.05, 0.1) is 5.52 Å². The van der Waals surface area contributed by atoms with E-state index in [9.17, 15) is 0 Å². The standard InChI is InChI=1S/C42H28N4/c1-3-11-29(12-4-1)33-15-7-17-35(27-33)41-44-40(45-42(46-41)36-18-8-16-34(28-36)30-13-5-2-6-14-30)32-24-22-31(23-25-32)37-19-9-21-39-38(37)20-10-26-43-39/h1-28H. The molecule has 0 amide bonds. The highest BCUT2D eigenvalue weighted by Crippen LogP contribution is 2.32. The van der Waals surface area contributed by atoms with Crippen LogP contribution in [0.25, 0.3) is 78.4 Å². The van der Waals surface area contributed by atoms with Crippen molar-refractivity contribution in [1.82, 2.24) is 19.9 Å². The second-order valence-corrected chi connectivity index (χ2v) is 11.2. The van der Waals surface area contributed by atoms with E-state index in [4.69, 9.17) is 15.0 Å². The molecule has 4 nitrogen and oxygen atoms in total. The van der Waals surface area contributed by atoms with Crippen LogP contribution in [-0.2, 0) is 0 Å². The Hall–Kier alpha value is -6.26. The van der Waals surface area contributed by atoms with E-state index >= 15 is 0 Å². The Morgan fingerprint density at radius 3 is 1.37 bits per heavy atom. The second-order valence-electron chi connectivity index (χ2n) is 11.2. The summed E-state index contributed by atoms with van der Waals surface area (Å²) in [6.07, 6.45) is 1.83. The molecule has 8 aromatic rings. The van der Waals surface area contributed by atoms with E-state index in [1.807, 2.05) is 30.5 Å². The predicted octanol–water partition coefficient (Wildman–Crippen LogP) is 10.4. The van der Waals surface area contributed by atoms with Crippen molar-refractivity contribution in [3.8, 4) is 67.5 Å². The van der Waals surface area contributed by atoms with Crippen LogP contribution in [0.5, 0.6) is 0 Å². The molecule has 0 atom stereocenters. The van der Waals surface area contributed by atoms with E-state index in [0.29, 0.717) is 17.5 Å². The topological polar surface area (TPSA) is 51.6 Å². The van der Waals surface area contributed by atoms with Gasteiger partial charge in [-0.15, -0.1) is 0 Å². The van der Waals surface area contributed by atoms with E-state index in [1.54, 1.807) is 0 Å². The lowest BCUT2D eigenvalue weighted by molar-refractivity contribution is 1.07. The minimum absolute atomic E-state index is 0.626. The van der Waals surface area contributed by atoms with Crippen LogP contribution in [-0.4, -0.2) is 19.9 Å². The number of fused-ring (bicyclic) bond motifs is 1. The molecule has 4 heteroatoms. The summed E-state index contributed by atoms with van der Waals surface area (Å²) in [5.41, 5.74) is 10.5. The normalized spacial score (nSPS) is 11.0. The Kier molecular flexibility index (Phi) is 7.14. The van der Waals surface area contributed by atoms with Gasteiger partial charge in [0.25, 0.3) is 0 Å². The number of hydrogen-bond acceptors (Lipinski definition) is 4. The third kappa shape index (κ3) is 5.44. The molecule has 8 rings (SSSR count). The molecule has 0 saturated carbocycles. The number of hydrogen-bond donors (Lipinski definition) is 0. The summed E-state index contributed by atoms with van der Waals surface area (Å²) >= 11 is 0. The number of rotatable bonds is 6. The Morgan fingerprint density at radius 2 is 0.783 bits per heavy atom. The summed E-state index contributed by atoms with van der Waals surface area (Å²) in [5, 5.41) is 1.12. The Bertz CT molecular complexity index is 2190. The first kappa shape index (κ1) is 27.3. The van der Waals surface area contributed by atoms with Gasteiger partial charge in [0.15, 0.2) is 17.5 Å². The first-order valence-corrected chi connectivity index (χ1v) is 15.3. The molecule has 0 unspecified atom stereocenters. The Morgan fingerprint density at radius 1 is 0.304 bits per heavy atom. The van der Waals surface area contributed by atoms with Crippen molar-refractivity contribution in [2.75, 3.05) is 0 Å². The molecule has 0 aliphatic carbocycles. The van der Waals surface area contributed by atoms with E-state index in [-0.39, 0.29) is 0 Å². The van der Waals surface area contributed by atoms with E-state index in [1.165, 1.54) is 0 Å². The molecule has 0 fully saturated rings. The minimum Gasteiger partial charge on any atom is -0.256 e. The first-order valence-electron chi connectivity index (χ1n) is 15.3. The van der Waals surface area contributed by atoms with Crippen molar-refractivity contribution in [3.63, 3.8) is 0 Å². The highest BCUT2D eigenvalue weighted by atomic mass is 15.0. The maximum Gasteiger partial charge on any atom is 0.164 e. The lowest BCUT2D eigenvalue weighted by atomic mass is 9.99. The predicted molar refractivity (Wildman–Crippen MR) is 188 cm³/mol. The molecule has 216 valence electrons. The molecule has 2 aromatic heterocycles. The molecular formula is C42H28N4. The van der Waals surface area contributed by atoms with Gasteiger partial charge in [0.1, 0.15) is 0 Å². The van der Waals surface area contributed by atoms with Crippen LogP contribution < -0.4 is 0 Å². The molecule has 6 aromatic carbocycles. The maximum atomic E-state index is 5.04. The van der Waals surface area contributed by atoms with Gasteiger partial charge in [-0.25, -0.2) is 15.0 Å². The molecule has 0 radical (unpaired) electrons. The van der Waals surface area contributed by atoms with Crippen molar-refractivity contribution in [2.45, 2.75) is 0 Å². The summed E-state index contributed by atoms with van der Waals surface area (Å²) in [6.45, 7) is 0. The average molecular weight is 589 g/mol. The molecule has 46 heavy (non-hydrogen) atoms. The van der Waals surface area contributed by atoms with Gasteiger partial charge < -0.3 is 0 Å². The third-order valence-corrected chi connectivity index (χ3v) is 8.19.